The Balaban J connectivity index is 1.04. The van der Waals surface area contributed by atoms with Gasteiger partial charge in [-0.15, -0.1) is 0 Å². The summed E-state index contributed by atoms with van der Waals surface area (Å²) in [5, 5.41) is 14.9. The first-order valence-electron chi connectivity index (χ1n) is 23.4. The number of para-hydroxylation sites is 4. The van der Waals surface area contributed by atoms with Crippen molar-refractivity contribution in [2.75, 3.05) is 9.80 Å². The molecular formula is C66H44N2. The van der Waals surface area contributed by atoms with E-state index in [1.807, 2.05) is 0 Å². The Morgan fingerprint density at radius 1 is 0.176 bits per heavy atom. The Kier molecular flexibility index (Phi) is 9.54. The lowest BCUT2D eigenvalue weighted by Gasteiger charge is -2.28. The van der Waals surface area contributed by atoms with Crippen LogP contribution in [0.2, 0.25) is 0 Å². The first-order chi connectivity index (χ1) is 33.8. The van der Waals surface area contributed by atoms with Gasteiger partial charge in [-0.1, -0.05) is 194 Å². The van der Waals surface area contributed by atoms with Gasteiger partial charge in [0, 0.05) is 33.9 Å². The van der Waals surface area contributed by atoms with Crippen molar-refractivity contribution in [3.63, 3.8) is 0 Å². The molecule has 0 heterocycles. The van der Waals surface area contributed by atoms with Crippen molar-refractivity contribution in [3.8, 4) is 22.3 Å². The molecule has 68 heavy (non-hydrogen) atoms. The third-order valence-electron chi connectivity index (χ3n) is 13.8. The van der Waals surface area contributed by atoms with Crippen LogP contribution in [0, 0.1) is 0 Å². The molecule has 0 amide bonds. The normalized spacial score (nSPS) is 11.5. The summed E-state index contributed by atoms with van der Waals surface area (Å²) in [6.07, 6.45) is 0. The average molecular weight is 865 g/mol. The summed E-state index contributed by atoms with van der Waals surface area (Å²) in [5.74, 6) is 0. The molecule has 13 rings (SSSR count). The summed E-state index contributed by atoms with van der Waals surface area (Å²) in [7, 11) is 0. The topological polar surface area (TPSA) is 6.48 Å². The van der Waals surface area contributed by atoms with Crippen molar-refractivity contribution in [2.24, 2.45) is 0 Å². The zero-order chi connectivity index (χ0) is 45.0. The van der Waals surface area contributed by atoms with E-state index in [9.17, 15) is 0 Å². The van der Waals surface area contributed by atoms with Crippen LogP contribution in [0.4, 0.5) is 34.1 Å². The Morgan fingerprint density at radius 3 is 0.824 bits per heavy atom. The van der Waals surface area contributed by atoms with Crippen LogP contribution < -0.4 is 9.80 Å². The molecule has 0 spiro atoms. The van der Waals surface area contributed by atoms with Crippen molar-refractivity contribution in [3.05, 3.63) is 267 Å². The molecular weight excluding hydrogens is 821 g/mol. The second kappa shape index (κ2) is 16.5. The van der Waals surface area contributed by atoms with Gasteiger partial charge in [0.25, 0.3) is 0 Å². The minimum absolute atomic E-state index is 1.11. The van der Waals surface area contributed by atoms with Gasteiger partial charge in [0.2, 0.25) is 0 Å². The maximum Gasteiger partial charge on any atom is 0.0540 e. The largest absolute Gasteiger partial charge is 0.310 e. The molecule has 0 fully saturated rings. The van der Waals surface area contributed by atoms with E-state index in [0.29, 0.717) is 0 Å². The van der Waals surface area contributed by atoms with Crippen LogP contribution in [0.1, 0.15) is 0 Å². The lowest BCUT2D eigenvalue weighted by Crippen LogP contribution is -2.11. The maximum absolute atomic E-state index is 2.47. The average Bonchev–Trinajstić information content (AvgIpc) is 3.42. The van der Waals surface area contributed by atoms with Crippen LogP contribution in [0.15, 0.2) is 267 Å². The number of anilines is 6. The van der Waals surface area contributed by atoms with E-state index in [-0.39, 0.29) is 0 Å². The van der Waals surface area contributed by atoms with Crippen molar-refractivity contribution in [1.82, 2.24) is 0 Å². The number of rotatable bonds is 8. The second-order valence-corrected chi connectivity index (χ2v) is 17.6. The van der Waals surface area contributed by atoms with Gasteiger partial charge >= 0.3 is 0 Å². The molecule has 0 N–H and O–H groups in total. The summed E-state index contributed by atoms with van der Waals surface area (Å²) >= 11 is 0. The monoisotopic (exact) mass is 864 g/mol. The van der Waals surface area contributed by atoms with Crippen molar-refractivity contribution in [1.29, 1.82) is 0 Å². The molecule has 0 unspecified atom stereocenters. The molecule has 13 aromatic rings. The summed E-state index contributed by atoms with van der Waals surface area (Å²) in [6, 6.07) is 97.5. The Labute approximate surface area is 395 Å². The minimum atomic E-state index is 1.11. The highest BCUT2D eigenvalue weighted by molar-refractivity contribution is 6.33. The predicted octanol–water partition coefficient (Wildman–Crippen LogP) is 18.9. The molecule has 0 radical (unpaired) electrons. The number of fused-ring (bicyclic) bond motifs is 12. The fraction of sp³-hybridized carbons (Fsp3) is 0. The highest BCUT2D eigenvalue weighted by Gasteiger charge is 2.22. The molecule has 0 aromatic heterocycles. The van der Waals surface area contributed by atoms with Gasteiger partial charge in [-0.05, 0) is 149 Å². The first-order valence-corrected chi connectivity index (χ1v) is 23.4. The van der Waals surface area contributed by atoms with E-state index in [4.69, 9.17) is 0 Å². The van der Waals surface area contributed by atoms with Crippen LogP contribution in [0.5, 0.6) is 0 Å². The summed E-state index contributed by atoms with van der Waals surface area (Å²) in [5.41, 5.74) is 11.5. The molecule has 0 saturated carbocycles. The third kappa shape index (κ3) is 6.57. The van der Waals surface area contributed by atoms with E-state index in [0.717, 1.165) is 34.1 Å². The Hall–Kier alpha value is -8.98. The fourth-order valence-electron chi connectivity index (χ4n) is 10.7. The molecule has 0 aliphatic heterocycles. The van der Waals surface area contributed by atoms with Crippen LogP contribution in [0.3, 0.4) is 0 Å². The maximum atomic E-state index is 2.47. The van der Waals surface area contributed by atoms with E-state index >= 15 is 0 Å². The lowest BCUT2D eigenvalue weighted by atomic mass is 9.88. The molecule has 0 saturated heterocycles. The van der Waals surface area contributed by atoms with Crippen LogP contribution in [0.25, 0.3) is 86.9 Å². The van der Waals surface area contributed by atoms with Gasteiger partial charge < -0.3 is 9.80 Å². The Bertz CT molecular complexity index is 3750. The second-order valence-electron chi connectivity index (χ2n) is 17.6. The van der Waals surface area contributed by atoms with E-state index in [1.165, 1.54) is 86.9 Å². The molecule has 2 nitrogen and oxygen atoms in total. The third-order valence-corrected chi connectivity index (χ3v) is 13.8. The standard InChI is InChI=1S/C66H44N2/c1-5-21-45(22-6-1)51-29-17-19-35-65(51)67(47-25-9-3-10-26-47)49-37-39-57-59(41-49)53-31-13-15-33-55(53)61-44-64-58-40-38-50(42-60(58)54-32-14-16-34-56(54)62(64)43-63(57)61)68(48-27-11-4-12-28-48)66-36-20-18-30-52(66)46-23-7-2-8-24-46/h1-44H. The van der Waals surface area contributed by atoms with Crippen LogP contribution >= 0.6 is 0 Å². The number of nitrogens with zero attached hydrogens (tertiary/aromatic N) is 2. The summed E-state index contributed by atoms with van der Waals surface area (Å²) < 4.78 is 0. The molecule has 0 aliphatic carbocycles. The first kappa shape index (κ1) is 39.4. The fourth-order valence-corrected chi connectivity index (χ4v) is 10.7. The van der Waals surface area contributed by atoms with E-state index in [2.05, 4.69) is 277 Å². The smallest absolute Gasteiger partial charge is 0.0540 e. The zero-order valence-electron chi connectivity index (χ0n) is 37.3. The number of benzene rings is 13. The van der Waals surface area contributed by atoms with Gasteiger partial charge in [-0.2, -0.15) is 0 Å². The quantitative estimate of drug-likeness (QED) is 0.111. The van der Waals surface area contributed by atoms with Crippen molar-refractivity contribution >= 4 is 98.8 Å². The molecule has 318 valence electrons. The van der Waals surface area contributed by atoms with Gasteiger partial charge in [0.1, 0.15) is 0 Å². The van der Waals surface area contributed by atoms with Gasteiger partial charge in [-0.3, -0.25) is 0 Å². The zero-order valence-corrected chi connectivity index (χ0v) is 37.3. The number of hydrogen-bond acceptors (Lipinski definition) is 2. The van der Waals surface area contributed by atoms with Gasteiger partial charge in [-0.25, -0.2) is 0 Å². The van der Waals surface area contributed by atoms with Crippen molar-refractivity contribution < 1.29 is 0 Å². The van der Waals surface area contributed by atoms with Gasteiger partial charge in [0.05, 0.1) is 11.4 Å². The molecule has 0 bridgehead atoms. The van der Waals surface area contributed by atoms with E-state index < -0.39 is 0 Å². The predicted molar refractivity (Wildman–Crippen MR) is 292 cm³/mol. The lowest BCUT2D eigenvalue weighted by molar-refractivity contribution is 1.29. The summed E-state index contributed by atoms with van der Waals surface area (Å²) in [6.45, 7) is 0. The summed E-state index contributed by atoms with van der Waals surface area (Å²) in [4.78, 5) is 4.82. The highest BCUT2D eigenvalue weighted by Crippen LogP contribution is 2.48. The minimum Gasteiger partial charge on any atom is -0.310 e. The molecule has 2 heteroatoms. The number of hydrogen-bond donors (Lipinski definition) is 0. The molecule has 0 atom stereocenters. The van der Waals surface area contributed by atoms with E-state index in [1.54, 1.807) is 0 Å². The van der Waals surface area contributed by atoms with Crippen LogP contribution in [-0.4, -0.2) is 0 Å². The Morgan fingerprint density at radius 2 is 0.456 bits per heavy atom. The SMILES string of the molecule is c1ccc(-c2ccccc2N(c2ccccc2)c2ccc3c(c2)c2ccccc2c2cc4c5ccc(N(c6ccccc6)c6ccccc6-c6ccccc6)cc5c5ccccc5c4cc32)cc1. The van der Waals surface area contributed by atoms with Gasteiger partial charge in [0.15, 0.2) is 0 Å². The van der Waals surface area contributed by atoms with Crippen LogP contribution in [-0.2, 0) is 0 Å². The van der Waals surface area contributed by atoms with Crippen molar-refractivity contribution in [2.45, 2.75) is 0 Å². The highest BCUT2D eigenvalue weighted by atomic mass is 15.1. The molecule has 13 aromatic carbocycles. The molecule has 0 aliphatic rings.